The lowest BCUT2D eigenvalue weighted by molar-refractivity contribution is 0.247. The lowest BCUT2D eigenvalue weighted by atomic mass is 10.2. The van der Waals surface area contributed by atoms with Gasteiger partial charge in [-0.3, -0.25) is 14.3 Å². The topological polar surface area (TPSA) is 79.4 Å². The molecule has 0 radical (unpaired) electrons. The smallest absolute Gasteiger partial charge is 0.261 e. The second kappa shape index (κ2) is 8.20. The van der Waals surface area contributed by atoms with Gasteiger partial charge in [-0.1, -0.05) is 0 Å². The zero-order chi connectivity index (χ0) is 20.5. The predicted molar refractivity (Wildman–Crippen MR) is 116 cm³/mol. The summed E-state index contributed by atoms with van der Waals surface area (Å²) < 4.78 is 3.78. The number of aliphatic hydroxyl groups excluding tert-OH is 1. The van der Waals surface area contributed by atoms with Gasteiger partial charge in [-0.05, 0) is 31.0 Å². The van der Waals surface area contributed by atoms with Gasteiger partial charge in [0.1, 0.15) is 5.82 Å². The summed E-state index contributed by atoms with van der Waals surface area (Å²) in [4.78, 5) is 26.6. The van der Waals surface area contributed by atoms with Crippen molar-refractivity contribution in [2.45, 2.75) is 38.9 Å². The minimum atomic E-state index is -0.104. The molecule has 5 rings (SSSR count). The number of nitrogens with zero attached hydrogens (tertiary/aromatic N) is 6. The van der Waals surface area contributed by atoms with Crippen molar-refractivity contribution in [3.63, 3.8) is 0 Å². The zero-order valence-corrected chi connectivity index (χ0v) is 17.2. The largest absolute Gasteiger partial charge is 0.395 e. The molecule has 1 saturated heterocycles. The Morgan fingerprint density at radius 2 is 1.93 bits per heavy atom. The van der Waals surface area contributed by atoms with Crippen molar-refractivity contribution in [2.24, 2.45) is 0 Å². The number of aliphatic hydroxyl groups is 1. The first-order valence-corrected chi connectivity index (χ1v) is 10.8. The maximum Gasteiger partial charge on any atom is 0.261 e. The molecule has 4 heterocycles. The molecule has 1 fully saturated rings. The maximum atomic E-state index is 12.5. The van der Waals surface area contributed by atoms with Gasteiger partial charge < -0.3 is 14.6 Å². The van der Waals surface area contributed by atoms with E-state index in [-0.39, 0.29) is 18.7 Å². The van der Waals surface area contributed by atoms with Crippen LogP contribution in [0.4, 0.5) is 5.69 Å². The molecular formula is C22H28N6O2. The number of anilines is 1. The van der Waals surface area contributed by atoms with Crippen LogP contribution >= 0.6 is 0 Å². The molecule has 2 aromatic heterocycles. The number of hydrogen-bond donors (Lipinski definition) is 1. The molecule has 2 aliphatic heterocycles. The third kappa shape index (κ3) is 3.73. The zero-order valence-electron chi connectivity index (χ0n) is 17.2. The number of rotatable bonds is 5. The van der Waals surface area contributed by atoms with Crippen LogP contribution in [0.15, 0.2) is 35.5 Å². The van der Waals surface area contributed by atoms with Crippen molar-refractivity contribution in [3.8, 4) is 0 Å². The molecule has 0 spiro atoms. The van der Waals surface area contributed by atoms with E-state index in [4.69, 9.17) is 10.1 Å². The van der Waals surface area contributed by atoms with Crippen molar-refractivity contribution in [1.29, 1.82) is 0 Å². The molecule has 30 heavy (non-hydrogen) atoms. The van der Waals surface area contributed by atoms with Crippen molar-refractivity contribution in [2.75, 3.05) is 37.7 Å². The summed E-state index contributed by atoms with van der Waals surface area (Å²) in [7, 11) is 0. The van der Waals surface area contributed by atoms with Crippen LogP contribution in [0.5, 0.6) is 0 Å². The second-order valence-electron chi connectivity index (χ2n) is 8.23. The quantitative estimate of drug-likeness (QED) is 0.684. The van der Waals surface area contributed by atoms with E-state index in [9.17, 15) is 4.79 Å². The van der Waals surface area contributed by atoms with Crippen molar-refractivity contribution < 1.29 is 5.11 Å². The number of fused-ring (bicyclic) bond motifs is 2. The molecule has 8 heteroatoms. The Bertz CT molecular complexity index is 1070. The Labute approximate surface area is 175 Å². The Morgan fingerprint density at radius 3 is 2.73 bits per heavy atom. The first-order valence-electron chi connectivity index (χ1n) is 10.8. The summed E-state index contributed by atoms with van der Waals surface area (Å²) in [5.74, 6) is 1.25. The Hall–Kier alpha value is -2.71. The van der Waals surface area contributed by atoms with Gasteiger partial charge >= 0.3 is 0 Å². The van der Waals surface area contributed by atoms with E-state index in [0.717, 1.165) is 51.4 Å². The number of hydrogen-bond acceptors (Lipinski definition) is 6. The lowest BCUT2D eigenvalue weighted by Crippen LogP contribution is -2.46. The number of aromatic nitrogens is 4. The van der Waals surface area contributed by atoms with Crippen LogP contribution in [0.25, 0.3) is 10.9 Å². The standard InChI is InChI=1S/C22H28N6O2/c29-12-11-28-16-23-20-13-18(4-5-19(20)22(28)30)26-9-7-25(8-10-26)14-17-15-27-6-2-1-3-21(27)24-17/h4-5,13,15-16,29H,1-3,6-12,14H2. The number of imidazole rings is 1. The summed E-state index contributed by atoms with van der Waals surface area (Å²) in [5.41, 5.74) is 2.90. The van der Waals surface area contributed by atoms with Gasteiger partial charge in [-0.2, -0.15) is 0 Å². The van der Waals surface area contributed by atoms with Crippen LogP contribution in [0.2, 0.25) is 0 Å². The Morgan fingerprint density at radius 1 is 1.07 bits per heavy atom. The van der Waals surface area contributed by atoms with E-state index in [1.165, 1.54) is 35.3 Å². The minimum absolute atomic E-state index is 0.0724. The average molecular weight is 409 g/mol. The summed E-state index contributed by atoms with van der Waals surface area (Å²) in [5, 5.41) is 9.68. The molecule has 1 aromatic carbocycles. The molecule has 0 bridgehead atoms. The fourth-order valence-corrected chi connectivity index (χ4v) is 4.55. The van der Waals surface area contributed by atoms with Gasteiger partial charge in [0.2, 0.25) is 0 Å². The minimum Gasteiger partial charge on any atom is -0.395 e. The van der Waals surface area contributed by atoms with Crippen LogP contribution in [0.3, 0.4) is 0 Å². The van der Waals surface area contributed by atoms with Crippen LogP contribution in [0.1, 0.15) is 24.4 Å². The van der Waals surface area contributed by atoms with Gasteiger partial charge in [0.15, 0.2) is 0 Å². The van der Waals surface area contributed by atoms with Gasteiger partial charge in [0.25, 0.3) is 5.56 Å². The number of piperazine rings is 1. The highest BCUT2D eigenvalue weighted by atomic mass is 16.3. The fraction of sp³-hybridized carbons (Fsp3) is 0.500. The highest BCUT2D eigenvalue weighted by Gasteiger charge is 2.20. The normalized spacial score (nSPS) is 17.4. The molecule has 1 N–H and O–H groups in total. The first-order chi connectivity index (χ1) is 14.7. The Kier molecular flexibility index (Phi) is 5.26. The monoisotopic (exact) mass is 408 g/mol. The SMILES string of the molecule is O=c1c2ccc(N3CCN(Cc4cn5c(n4)CCCC5)CC3)cc2ncn1CCO. The van der Waals surface area contributed by atoms with E-state index in [2.05, 4.69) is 25.5 Å². The van der Waals surface area contributed by atoms with Gasteiger partial charge in [-0.15, -0.1) is 0 Å². The predicted octanol–water partition coefficient (Wildman–Crippen LogP) is 1.24. The third-order valence-corrected chi connectivity index (χ3v) is 6.23. The molecular weight excluding hydrogens is 380 g/mol. The molecule has 3 aromatic rings. The molecule has 2 aliphatic rings. The van der Waals surface area contributed by atoms with Crippen molar-refractivity contribution in [1.82, 2.24) is 24.0 Å². The average Bonchev–Trinajstić information content (AvgIpc) is 3.18. The molecule has 0 unspecified atom stereocenters. The molecule has 0 aliphatic carbocycles. The summed E-state index contributed by atoms with van der Waals surface area (Å²) >= 11 is 0. The van der Waals surface area contributed by atoms with Crippen LogP contribution < -0.4 is 10.5 Å². The molecule has 158 valence electrons. The second-order valence-corrected chi connectivity index (χ2v) is 8.23. The van der Waals surface area contributed by atoms with Crippen LogP contribution in [-0.2, 0) is 26.1 Å². The lowest BCUT2D eigenvalue weighted by Gasteiger charge is -2.35. The maximum absolute atomic E-state index is 12.5. The third-order valence-electron chi connectivity index (χ3n) is 6.23. The highest BCUT2D eigenvalue weighted by Crippen LogP contribution is 2.21. The highest BCUT2D eigenvalue weighted by molar-refractivity contribution is 5.81. The van der Waals surface area contributed by atoms with Gasteiger partial charge in [0.05, 0.1) is 36.1 Å². The summed E-state index contributed by atoms with van der Waals surface area (Å²) in [6.07, 6.45) is 7.38. The van der Waals surface area contributed by atoms with E-state index >= 15 is 0 Å². The number of benzene rings is 1. The van der Waals surface area contributed by atoms with Crippen LogP contribution in [-0.4, -0.2) is 61.9 Å². The van der Waals surface area contributed by atoms with Crippen LogP contribution in [0, 0.1) is 0 Å². The number of aryl methyl sites for hydroxylation is 2. The van der Waals surface area contributed by atoms with E-state index in [1.807, 2.05) is 18.2 Å². The molecule has 0 saturated carbocycles. The van der Waals surface area contributed by atoms with E-state index in [0.29, 0.717) is 10.9 Å². The fourth-order valence-electron chi connectivity index (χ4n) is 4.55. The van der Waals surface area contributed by atoms with Gasteiger partial charge in [0, 0.05) is 57.6 Å². The summed E-state index contributed by atoms with van der Waals surface area (Å²) in [6.45, 7) is 6.09. The molecule has 0 amide bonds. The summed E-state index contributed by atoms with van der Waals surface area (Å²) in [6, 6.07) is 5.86. The van der Waals surface area contributed by atoms with Crippen molar-refractivity contribution in [3.05, 3.63) is 52.6 Å². The van der Waals surface area contributed by atoms with E-state index < -0.39 is 0 Å². The van der Waals surface area contributed by atoms with Crippen molar-refractivity contribution >= 4 is 16.6 Å². The van der Waals surface area contributed by atoms with Gasteiger partial charge in [-0.25, -0.2) is 9.97 Å². The Balaban J connectivity index is 1.25. The molecule has 0 atom stereocenters. The first kappa shape index (κ1) is 19.3. The van der Waals surface area contributed by atoms with E-state index in [1.54, 1.807) is 0 Å². The molecule has 8 nitrogen and oxygen atoms in total.